The molecule has 1 amide bonds. The van der Waals surface area contributed by atoms with Crippen LogP contribution >= 0.6 is 0 Å². The molecule has 0 aromatic rings. The van der Waals surface area contributed by atoms with Crippen LogP contribution in [0.15, 0.2) is 30.5 Å². The number of oxime groups is 1. The second kappa shape index (κ2) is 9.27. The number of amides is 1. The van der Waals surface area contributed by atoms with Crippen LogP contribution in [0.1, 0.15) is 20.3 Å². The van der Waals surface area contributed by atoms with Crippen molar-refractivity contribution >= 4 is 11.7 Å². The molecule has 0 saturated carbocycles. The molecule has 0 aromatic heterocycles. The summed E-state index contributed by atoms with van der Waals surface area (Å²) < 4.78 is 0. The maximum Gasteiger partial charge on any atom is 0.263 e. The number of nitrogens with zero attached hydrogens (tertiary/aromatic N) is 2. The number of hydrogen-bond acceptors (Lipinski definition) is 3. The number of carbonyl (C=O) groups excluding carboxylic acids is 1. The van der Waals surface area contributed by atoms with Crippen LogP contribution < -0.4 is 5.73 Å². The minimum atomic E-state index is -0.170. The Balaban J connectivity index is 4.14. The van der Waals surface area contributed by atoms with Gasteiger partial charge in [-0.15, -0.1) is 13.2 Å². The van der Waals surface area contributed by atoms with Gasteiger partial charge in [-0.1, -0.05) is 31.2 Å². The van der Waals surface area contributed by atoms with Crippen LogP contribution in [-0.2, 0) is 9.63 Å². The van der Waals surface area contributed by atoms with Gasteiger partial charge in [-0.3, -0.25) is 4.79 Å². The van der Waals surface area contributed by atoms with Crippen molar-refractivity contribution in [1.82, 2.24) is 4.90 Å². The fraction of sp³-hybridized carbons (Fsp3) is 0.538. The number of amidine groups is 1. The minimum Gasteiger partial charge on any atom is -0.384 e. The van der Waals surface area contributed by atoms with E-state index < -0.39 is 0 Å². The Labute approximate surface area is 109 Å². The number of rotatable bonds is 9. The van der Waals surface area contributed by atoms with Gasteiger partial charge in [0.15, 0.2) is 6.61 Å². The van der Waals surface area contributed by atoms with Gasteiger partial charge >= 0.3 is 0 Å². The van der Waals surface area contributed by atoms with Crippen molar-refractivity contribution in [3.05, 3.63) is 25.3 Å². The van der Waals surface area contributed by atoms with E-state index in [4.69, 9.17) is 10.6 Å². The van der Waals surface area contributed by atoms with E-state index in [1.54, 1.807) is 17.1 Å². The summed E-state index contributed by atoms with van der Waals surface area (Å²) in [5.74, 6) is 0.638. The lowest BCUT2D eigenvalue weighted by atomic mass is 10.1. The zero-order valence-electron chi connectivity index (χ0n) is 11.3. The molecule has 0 bridgehead atoms. The van der Waals surface area contributed by atoms with Gasteiger partial charge in [0.1, 0.15) is 5.84 Å². The monoisotopic (exact) mass is 253 g/mol. The number of nitrogens with two attached hydrogens (primary N) is 1. The van der Waals surface area contributed by atoms with Crippen molar-refractivity contribution in [2.45, 2.75) is 20.3 Å². The Morgan fingerprint density at radius 1 is 1.39 bits per heavy atom. The highest BCUT2D eigenvalue weighted by Crippen LogP contribution is 1.99. The van der Waals surface area contributed by atoms with Gasteiger partial charge in [-0.2, -0.15) is 0 Å². The number of hydrogen-bond donors (Lipinski definition) is 1. The Morgan fingerprint density at radius 3 is 2.39 bits per heavy atom. The third kappa shape index (κ3) is 7.49. The van der Waals surface area contributed by atoms with Gasteiger partial charge in [0.05, 0.1) is 0 Å². The smallest absolute Gasteiger partial charge is 0.263 e. The highest BCUT2D eigenvalue weighted by molar-refractivity contribution is 5.80. The minimum absolute atomic E-state index is 0.125. The Bertz CT molecular complexity index is 301. The van der Waals surface area contributed by atoms with Crippen molar-refractivity contribution in [3.63, 3.8) is 0 Å². The van der Waals surface area contributed by atoms with Crippen LogP contribution in [0, 0.1) is 5.92 Å². The van der Waals surface area contributed by atoms with Gasteiger partial charge in [-0.25, -0.2) is 0 Å². The molecule has 0 atom stereocenters. The first-order chi connectivity index (χ1) is 8.51. The molecule has 5 nitrogen and oxygen atoms in total. The van der Waals surface area contributed by atoms with E-state index >= 15 is 0 Å². The molecule has 0 aliphatic heterocycles. The zero-order chi connectivity index (χ0) is 14.0. The van der Waals surface area contributed by atoms with E-state index in [2.05, 4.69) is 18.3 Å². The molecule has 5 heteroatoms. The van der Waals surface area contributed by atoms with Crippen LogP contribution in [0.3, 0.4) is 0 Å². The van der Waals surface area contributed by atoms with Gasteiger partial charge in [0.2, 0.25) is 0 Å². The molecular weight excluding hydrogens is 230 g/mol. The van der Waals surface area contributed by atoms with E-state index in [0.29, 0.717) is 31.3 Å². The summed E-state index contributed by atoms with van der Waals surface area (Å²) in [6.45, 7) is 12.0. The molecule has 0 aromatic carbocycles. The summed E-state index contributed by atoms with van der Waals surface area (Å²) in [5, 5.41) is 3.70. The topological polar surface area (TPSA) is 67.9 Å². The summed E-state index contributed by atoms with van der Waals surface area (Å²) in [5.41, 5.74) is 5.62. The summed E-state index contributed by atoms with van der Waals surface area (Å²) in [4.78, 5) is 18.2. The molecule has 0 aliphatic carbocycles. The van der Waals surface area contributed by atoms with E-state index in [9.17, 15) is 4.79 Å². The van der Waals surface area contributed by atoms with Crippen LogP contribution in [-0.4, -0.2) is 36.3 Å². The molecule has 0 unspecified atom stereocenters. The first kappa shape index (κ1) is 16.2. The normalized spacial score (nSPS) is 11.2. The quantitative estimate of drug-likeness (QED) is 0.293. The van der Waals surface area contributed by atoms with Crippen LogP contribution in [0.4, 0.5) is 0 Å². The maximum atomic E-state index is 11.7. The highest BCUT2D eigenvalue weighted by Gasteiger charge is 2.11. The van der Waals surface area contributed by atoms with Gasteiger partial charge in [0.25, 0.3) is 5.91 Å². The largest absolute Gasteiger partial charge is 0.384 e. The lowest BCUT2D eigenvalue weighted by Gasteiger charge is -2.18. The highest BCUT2D eigenvalue weighted by atomic mass is 16.6. The standard InChI is InChI=1S/C13H23N3O2/c1-5-7-16(8-6-2)13(17)10-18-15-12(14)9-11(3)4/h5-6,11H,1-2,7-10H2,3-4H3,(H2,14,15). The Morgan fingerprint density at radius 2 is 1.94 bits per heavy atom. The summed E-state index contributed by atoms with van der Waals surface area (Å²) in [6, 6.07) is 0. The predicted octanol–water partition coefficient (Wildman–Crippen LogP) is 1.52. The predicted molar refractivity (Wildman–Crippen MR) is 74.0 cm³/mol. The summed E-state index contributed by atoms with van der Waals surface area (Å²) >= 11 is 0. The summed E-state index contributed by atoms with van der Waals surface area (Å²) in [6.07, 6.45) is 3.95. The lowest BCUT2D eigenvalue weighted by Crippen LogP contribution is -2.34. The van der Waals surface area contributed by atoms with Gasteiger partial charge in [0, 0.05) is 19.5 Å². The third-order valence-corrected chi connectivity index (χ3v) is 2.04. The molecule has 0 aliphatic rings. The van der Waals surface area contributed by atoms with Crippen molar-refractivity contribution in [2.24, 2.45) is 16.8 Å². The van der Waals surface area contributed by atoms with Crippen molar-refractivity contribution in [2.75, 3.05) is 19.7 Å². The van der Waals surface area contributed by atoms with E-state index in [1.165, 1.54) is 0 Å². The lowest BCUT2D eigenvalue weighted by molar-refractivity contribution is -0.135. The molecule has 0 rings (SSSR count). The average molecular weight is 253 g/mol. The molecule has 18 heavy (non-hydrogen) atoms. The first-order valence-electron chi connectivity index (χ1n) is 5.95. The average Bonchev–Trinajstić information content (AvgIpc) is 2.27. The zero-order valence-corrected chi connectivity index (χ0v) is 11.3. The molecular formula is C13H23N3O2. The molecule has 0 radical (unpaired) electrons. The molecule has 0 saturated heterocycles. The molecule has 2 N–H and O–H groups in total. The molecule has 0 fully saturated rings. The molecule has 102 valence electrons. The van der Waals surface area contributed by atoms with Crippen LogP contribution in [0.2, 0.25) is 0 Å². The van der Waals surface area contributed by atoms with Gasteiger partial charge in [-0.05, 0) is 5.92 Å². The van der Waals surface area contributed by atoms with E-state index in [1.807, 2.05) is 13.8 Å². The maximum absolute atomic E-state index is 11.7. The number of carbonyl (C=O) groups is 1. The Kier molecular flexibility index (Phi) is 8.35. The fourth-order valence-corrected chi connectivity index (χ4v) is 1.31. The van der Waals surface area contributed by atoms with E-state index in [0.717, 1.165) is 0 Å². The van der Waals surface area contributed by atoms with Crippen LogP contribution in [0.25, 0.3) is 0 Å². The van der Waals surface area contributed by atoms with Crippen LogP contribution in [0.5, 0.6) is 0 Å². The summed E-state index contributed by atoms with van der Waals surface area (Å²) in [7, 11) is 0. The second-order valence-corrected chi connectivity index (χ2v) is 4.33. The Hall–Kier alpha value is -1.78. The van der Waals surface area contributed by atoms with Crippen molar-refractivity contribution in [3.8, 4) is 0 Å². The second-order valence-electron chi connectivity index (χ2n) is 4.33. The van der Waals surface area contributed by atoms with Crippen molar-refractivity contribution in [1.29, 1.82) is 0 Å². The SMILES string of the molecule is C=CCN(CC=C)C(=O)CO/N=C(\N)CC(C)C. The molecule has 0 heterocycles. The van der Waals surface area contributed by atoms with E-state index in [-0.39, 0.29) is 12.5 Å². The third-order valence-electron chi connectivity index (χ3n) is 2.04. The van der Waals surface area contributed by atoms with Gasteiger partial charge < -0.3 is 15.5 Å². The molecule has 0 spiro atoms. The first-order valence-corrected chi connectivity index (χ1v) is 5.95. The fourth-order valence-electron chi connectivity index (χ4n) is 1.31. The van der Waals surface area contributed by atoms with Crippen molar-refractivity contribution < 1.29 is 9.63 Å².